The third-order valence-electron chi connectivity index (χ3n) is 3.80. The van der Waals surface area contributed by atoms with Crippen molar-refractivity contribution in [3.8, 4) is 11.5 Å². The summed E-state index contributed by atoms with van der Waals surface area (Å²) < 4.78 is 6.40. The molecule has 0 aliphatic carbocycles. The molecular weight excluding hydrogens is 499 g/mol. The van der Waals surface area contributed by atoms with Crippen molar-refractivity contribution in [1.82, 2.24) is 5.32 Å². The fraction of sp³-hybridized carbons (Fsp3) is 0.250. The maximum Gasteiger partial charge on any atom is 0.322 e. The molecule has 0 aliphatic heterocycles. The van der Waals surface area contributed by atoms with Gasteiger partial charge in [0.2, 0.25) is 11.8 Å². The van der Waals surface area contributed by atoms with Crippen molar-refractivity contribution < 1.29 is 24.2 Å². The zero-order chi connectivity index (χ0) is 22.4. The average Bonchev–Trinajstić information content (AvgIpc) is 2.65. The second-order valence-electron chi connectivity index (χ2n) is 6.62. The van der Waals surface area contributed by atoms with Crippen LogP contribution in [0, 0.1) is 5.92 Å². The Kier molecular flexibility index (Phi) is 8.52. The molecule has 0 saturated carbocycles. The molecule has 0 fully saturated rings. The Balaban J connectivity index is 2.13. The summed E-state index contributed by atoms with van der Waals surface area (Å²) in [5, 5.41) is 14.0. The van der Waals surface area contributed by atoms with Gasteiger partial charge < -0.3 is 20.5 Å². The molecule has 3 N–H and O–H groups in total. The molecule has 0 heterocycles. The molecule has 10 heteroatoms. The highest BCUT2D eigenvalue weighted by molar-refractivity contribution is 9.10. The van der Waals surface area contributed by atoms with Crippen LogP contribution in [0.4, 0.5) is 5.69 Å². The highest BCUT2D eigenvalue weighted by atomic mass is 79.9. The monoisotopic (exact) mass is 516 g/mol. The lowest BCUT2D eigenvalue weighted by Crippen LogP contribution is -2.30. The van der Waals surface area contributed by atoms with E-state index < -0.39 is 18.4 Å². The topological polar surface area (TPSA) is 105 Å². The molecule has 2 rings (SSSR count). The highest BCUT2D eigenvalue weighted by Gasteiger charge is 2.15. The number of benzene rings is 2. The largest absolute Gasteiger partial charge is 0.480 e. The van der Waals surface area contributed by atoms with Gasteiger partial charge in [-0.1, -0.05) is 37.0 Å². The van der Waals surface area contributed by atoms with Gasteiger partial charge in [0, 0.05) is 10.4 Å². The molecule has 2 amide bonds. The second kappa shape index (κ2) is 10.7. The quantitative estimate of drug-likeness (QED) is 0.462. The summed E-state index contributed by atoms with van der Waals surface area (Å²) in [5.74, 6) is -1.24. The maximum atomic E-state index is 11.9. The molecule has 30 heavy (non-hydrogen) atoms. The lowest BCUT2D eigenvalue weighted by Gasteiger charge is -2.14. The number of aliphatic carboxylic acids is 1. The number of carboxylic acid groups (broad SMARTS) is 1. The summed E-state index contributed by atoms with van der Waals surface area (Å²) in [6.45, 7) is 3.12. The summed E-state index contributed by atoms with van der Waals surface area (Å²) in [7, 11) is 0. The van der Waals surface area contributed by atoms with E-state index in [-0.39, 0.29) is 34.0 Å². The molecule has 2 aromatic rings. The molecule has 0 unspecified atom stereocenters. The summed E-state index contributed by atoms with van der Waals surface area (Å²) in [6.07, 6.45) is -0.0806. The normalized spacial score (nSPS) is 10.6. The van der Waals surface area contributed by atoms with Gasteiger partial charge in [-0.05, 0) is 51.8 Å². The number of hydrogen-bond donors (Lipinski definition) is 3. The number of rotatable bonds is 8. The first-order chi connectivity index (χ1) is 14.1. The first-order valence-corrected chi connectivity index (χ1v) is 10.4. The van der Waals surface area contributed by atoms with Crippen molar-refractivity contribution in [2.75, 3.05) is 11.9 Å². The van der Waals surface area contributed by atoms with E-state index in [1.807, 2.05) is 0 Å². The van der Waals surface area contributed by atoms with Gasteiger partial charge in [-0.15, -0.1) is 0 Å². The Hall–Kier alpha value is -2.29. The van der Waals surface area contributed by atoms with Gasteiger partial charge in [0.1, 0.15) is 12.3 Å². The minimum Gasteiger partial charge on any atom is -0.480 e. The van der Waals surface area contributed by atoms with Crippen LogP contribution in [0.25, 0.3) is 0 Å². The molecule has 2 aromatic carbocycles. The van der Waals surface area contributed by atoms with Gasteiger partial charge in [0.25, 0.3) is 0 Å². The third-order valence-corrected chi connectivity index (χ3v) is 5.02. The summed E-state index contributed by atoms with van der Waals surface area (Å²) in [5.41, 5.74) is 1.11. The van der Waals surface area contributed by atoms with Gasteiger partial charge in [-0.25, -0.2) is 0 Å². The number of amides is 2. The Morgan fingerprint density at radius 3 is 2.30 bits per heavy atom. The smallest absolute Gasteiger partial charge is 0.322 e. The van der Waals surface area contributed by atoms with E-state index in [4.69, 9.17) is 33.0 Å². The van der Waals surface area contributed by atoms with Gasteiger partial charge in [0.15, 0.2) is 5.75 Å². The number of carbonyl (C=O) groups is 3. The number of carbonyl (C=O) groups excluding carboxylic acids is 2. The summed E-state index contributed by atoms with van der Waals surface area (Å²) >= 11 is 15.9. The predicted molar refractivity (Wildman–Crippen MR) is 118 cm³/mol. The number of nitrogens with one attached hydrogen (secondary N) is 2. The summed E-state index contributed by atoms with van der Waals surface area (Å²) in [4.78, 5) is 34.1. The van der Waals surface area contributed by atoms with E-state index in [0.717, 1.165) is 0 Å². The van der Waals surface area contributed by atoms with Crippen LogP contribution in [0.5, 0.6) is 11.5 Å². The number of anilines is 1. The standard InChI is InChI=1S/C20H19BrCl2N2O5/c1-10(2)20(29)25-16-4-3-12(8-13(16)21)30-19-14(22)5-11(6-15(19)23)7-17(26)24-9-18(27)28/h3-6,8,10H,7,9H2,1-2H3,(H,24,26)(H,25,29)(H,27,28). The molecule has 0 spiro atoms. The Labute approximate surface area is 191 Å². The van der Waals surface area contributed by atoms with E-state index in [0.29, 0.717) is 21.5 Å². The molecular formula is C20H19BrCl2N2O5. The van der Waals surface area contributed by atoms with Crippen molar-refractivity contribution >= 4 is 62.6 Å². The van der Waals surface area contributed by atoms with E-state index in [2.05, 4.69) is 26.6 Å². The Morgan fingerprint density at radius 2 is 1.77 bits per heavy atom. The first kappa shape index (κ1) is 24.0. The van der Waals surface area contributed by atoms with Gasteiger partial charge >= 0.3 is 5.97 Å². The molecule has 7 nitrogen and oxygen atoms in total. The van der Waals surface area contributed by atoms with Crippen molar-refractivity contribution in [2.24, 2.45) is 5.92 Å². The molecule has 0 aliphatic rings. The van der Waals surface area contributed by atoms with E-state index in [1.165, 1.54) is 12.1 Å². The van der Waals surface area contributed by atoms with E-state index in [1.54, 1.807) is 32.0 Å². The van der Waals surface area contributed by atoms with Gasteiger partial charge in [0.05, 0.1) is 22.2 Å². The van der Waals surface area contributed by atoms with Crippen LogP contribution < -0.4 is 15.4 Å². The van der Waals surface area contributed by atoms with Crippen LogP contribution in [-0.2, 0) is 20.8 Å². The number of halogens is 3. The lowest BCUT2D eigenvalue weighted by atomic mass is 10.1. The maximum absolute atomic E-state index is 11.9. The minimum absolute atomic E-state index is 0.0806. The number of ether oxygens (including phenoxy) is 1. The Morgan fingerprint density at radius 1 is 1.13 bits per heavy atom. The van der Waals surface area contributed by atoms with E-state index >= 15 is 0 Å². The third kappa shape index (κ3) is 6.90. The van der Waals surface area contributed by atoms with Gasteiger partial charge in [-0.3, -0.25) is 14.4 Å². The van der Waals surface area contributed by atoms with Crippen molar-refractivity contribution in [2.45, 2.75) is 20.3 Å². The lowest BCUT2D eigenvalue weighted by molar-refractivity contribution is -0.137. The van der Waals surface area contributed by atoms with Crippen LogP contribution >= 0.6 is 39.1 Å². The molecule has 0 aromatic heterocycles. The SMILES string of the molecule is CC(C)C(=O)Nc1ccc(Oc2c(Cl)cc(CC(=O)NCC(=O)O)cc2Cl)cc1Br. The first-order valence-electron chi connectivity index (χ1n) is 8.81. The fourth-order valence-electron chi connectivity index (χ4n) is 2.29. The molecule has 0 saturated heterocycles. The van der Waals surface area contributed by atoms with Crippen LogP contribution in [0.2, 0.25) is 10.0 Å². The summed E-state index contributed by atoms with van der Waals surface area (Å²) in [6, 6.07) is 8.05. The molecule has 160 valence electrons. The zero-order valence-corrected chi connectivity index (χ0v) is 19.2. The molecule has 0 radical (unpaired) electrons. The highest BCUT2D eigenvalue weighted by Crippen LogP contribution is 2.39. The Bertz CT molecular complexity index is 959. The van der Waals surface area contributed by atoms with Crippen molar-refractivity contribution in [3.05, 3.63) is 50.4 Å². The second-order valence-corrected chi connectivity index (χ2v) is 8.29. The molecule has 0 bridgehead atoms. The van der Waals surface area contributed by atoms with Gasteiger partial charge in [-0.2, -0.15) is 0 Å². The zero-order valence-electron chi connectivity index (χ0n) is 16.1. The van der Waals surface area contributed by atoms with Crippen LogP contribution in [0.15, 0.2) is 34.8 Å². The fourth-order valence-corrected chi connectivity index (χ4v) is 3.36. The minimum atomic E-state index is -1.14. The predicted octanol–water partition coefficient (Wildman–Crippen LogP) is 4.89. The van der Waals surface area contributed by atoms with Crippen LogP contribution in [-0.4, -0.2) is 29.4 Å². The van der Waals surface area contributed by atoms with Crippen molar-refractivity contribution in [3.63, 3.8) is 0 Å². The number of carboxylic acids is 1. The van der Waals surface area contributed by atoms with Crippen LogP contribution in [0.3, 0.4) is 0 Å². The van der Waals surface area contributed by atoms with E-state index in [9.17, 15) is 14.4 Å². The van der Waals surface area contributed by atoms with Crippen molar-refractivity contribution in [1.29, 1.82) is 0 Å². The number of hydrogen-bond acceptors (Lipinski definition) is 4. The molecule has 0 atom stereocenters. The van der Waals surface area contributed by atoms with Crippen LogP contribution in [0.1, 0.15) is 19.4 Å². The average molecular weight is 518 g/mol.